The monoisotopic (exact) mass is 393 g/mol. The van der Waals surface area contributed by atoms with Gasteiger partial charge in [-0.15, -0.1) is 0 Å². The van der Waals surface area contributed by atoms with Gasteiger partial charge in [0, 0.05) is 12.2 Å². The van der Waals surface area contributed by atoms with E-state index in [2.05, 4.69) is 22.7 Å². The summed E-state index contributed by atoms with van der Waals surface area (Å²) < 4.78 is 11.0. The van der Waals surface area contributed by atoms with Crippen molar-refractivity contribution in [1.82, 2.24) is 10.5 Å². The number of hydrogen-bond donors (Lipinski definition) is 2. The summed E-state index contributed by atoms with van der Waals surface area (Å²) in [6.07, 6.45) is 0.307. The Bertz CT molecular complexity index is 929. The molecule has 0 aliphatic rings. The Hall–Kier alpha value is -3.12. The molecular weight excluding hydrogens is 366 g/mol. The van der Waals surface area contributed by atoms with Gasteiger partial charge in [0.05, 0.1) is 17.7 Å². The van der Waals surface area contributed by atoms with Crippen LogP contribution in [0.1, 0.15) is 35.1 Å². The lowest BCUT2D eigenvalue weighted by Crippen LogP contribution is -2.15. The second-order valence-electron chi connectivity index (χ2n) is 6.94. The molecule has 6 heteroatoms. The average molecular weight is 393 g/mol. The van der Waals surface area contributed by atoms with Crippen molar-refractivity contribution in [2.24, 2.45) is 0 Å². The highest BCUT2D eigenvalue weighted by atomic mass is 16.5. The maximum Gasteiger partial charge on any atom is 0.228 e. The molecule has 2 N–H and O–H groups in total. The van der Waals surface area contributed by atoms with Gasteiger partial charge < -0.3 is 19.9 Å². The van der Waals surface area contributed by atoms with Crippen molar-refractivity contribution in [1.29, 1.82) is 0 Å². The van der Waals surface area contributed by atoms with Crippen LogP contribution in [0.2, 0.25) is 0 Å². The molecule has 1 heterocycles. The maximum atomic E-state index is 12.4. The van der Waals surface area contributed by atoms with Gasteiger partial charge in [-0.05, 0) is 55.8 Å². The Kier molecular flexibility index (Phi) is 7.03. The summed E-state index contributed by atoms with van der Waals surface area (Å²) in [6, 6.07) is 15.4. The van der Waals surface area contributed by atoms with Crippen molar-refractivity contribution in [2.75, 3.05) is 11.9 Å². The Balaban J connectivity index is 1.52. The number of hydrogen-bond acceptors (Lipinski definition) is 5. The smallest absolute Gasteiger partial charge is 0.228 e. The number of nitrogens with one attached hydrogen (secondary N) is 2. The second-order valence-corrected chi connectivity index (χ2v) is 6.94. The molecule has 29 heavy (non-hydrogen) atoms. The van der Waals surface area contributed by atoms with E-state index in [1.165, 1.54) is 0 Å². The normalized spacial score (nSPS) is 10.7. The third-order valence-electron chi connectivity index (χ3n) is 4.64. The molecular formula is C23H27N3O3. The van der Waals surface area contributed by atoms with E-state index in [0.29, 0.717) is 13.0 Å². The van der Waals surface area contributed by atoms with Gasteiger partial charge in [-0.25, -0.2) is 0 Å². The molecule has 0 aliphatic carbocycles. The fraction of sp³-hybridized carbons (Fsp3) is 0.304. The largest absolute Gasteiger partial charge is 0.489 e. The van der Waals surface area contributed by atoms with Gasteiger partial charge in [-0.1, -0.05) is 36.3 Å². The standard InChI is InChI=1S/C23H27N3O3/c1-4-24-14-19-6-5-7-20(12-19)25-23(27)13-18-8-10-21(11-9-18)28-15-22-16(2)26-29-17(22)3/h5-12,24H,4,13-15H2,1-3H3,(H,25,27). The van der Waals surface area contributed by atoms with Crippen molar-refractivity contribution >= 4 is 11.6 Å². The number of benzene rings is 2. The molecule has 0 unspecified atom stereocenters. The molecule has 152 valence electrons. The van der Waals surface area contributed by atoms with E-state index in [1.807, 2.05) is 62.4 Å². The SMILES string of the molecule is CCNCc1cccc(NC(=O)Cc2ccc(OCc3c(C)noc3C)cc2)c1. The summed E-state index contributed by atoms with van der Waals surface area (Å²) >= 11 is 0. The number of anilines is 1. The number of carbonyl (C=O) groups excluding carboxylic acids is 1. The summed E-state index contributed by atoms with van der Waals surface area (Å²) in [6.45, 7) is 7.94. The van der Waals surface area contributed by atoms with Crippen LogP contribution < -0.4 is 15.4 Å². The highest BCUT2D eigenvalue weighted by molar-refractivity contribution is 5.92. The van der Waals surface area contributed by atoms with Crippen LogP contribution in [0.4, 0.5) is 5.69 Å². The van der Waals surface area contributed by atoms with Gasteiger partial charge in [0.25, 0.3) is 0 Å². The molecule has 6 nitrogen and oxygen atoms in total. The minimum atomic E-state index is -0.0463. The molecule has 0 spiro atoms. The maximum absolute atomic E-state index is 12.4. The predicted octanol–water partition coefficient (Wildman–Crippen LogP) is 4.16. The van der Waals surface area contributed by atoms with Crippen molar-refractivity contribution in [2.45, 2.75) is 40.3 Å². The number of nitrogens with zero attached hydrogens (tertiary/aromatic N) is 1. The van der Waals surface area contributed by atoms with Crippen LogP contribution in [-0.2, 0) is 24.4 Å². The molecule has 3 aromatic rings. The van der Waals surface area contributed by atoms with Gasteiger partial charge in [0.1, 0.15) is 18.1 Å². The lowest BCUT2D eigenvalue weighted by molar-refractivity contribution is -0.115. The summed E-state index contributed by atoms with van der Waals surface area (Å²) in [5.41, 5.74) is 4.68. The summed E-state index contributed by atoms with van der Waals surface area (Å²) in [7, 11) is 0. The van der Waals surface area contributed by atoms with E-state index in [4.69, 9.17) is 9.26 Å². The van der Waals surface area contributed by atoms with E-state index >= 15 is 0 Å². The van der Waals surface area contributed by atoms with Gasteiger partial charge in [0.15, 0.2) is 0 Å². The fourth-order valence-corrected chi connectivity index (χ4v) is 2.99. The molecule has 0 bridgehead atoms. The zero-order valence-corrected chi connectivity index (χ0v) is 17.1. The number of amides is 1. The van der Waals surface area contributed by atoms with E-state index in [-0.39, 0.29) is 5.91 Å². The first-order chi connectivity index (χ1) is 14.0. The van der Waals surface area contributed by atoms with Crippen molar-refractivity contribution in [3.63, 3.8) is 0 Å². The topological polar surface area (TPSA) is 76.4 Å². The van der Waals surface area contributed by atoms with Crippen LogP contribution in [0.3, 0.4) is 0 Å². The summed E-state index contributed by atoms with van der Waals surface area (Å²) in [4.78, 5) is 12.4. The molecule has 0 radical (unpaired) electrons. The van der Waals surface area contributed by atoms with E-state index in [0.717, 1.165) is 52.7 Å². The zero-order valence-electron chi connectivity index (χ0n) is 17.1. The molecule has 0 fully saturated rings. The molecule has 0 saturated heterocycles. The Morgan fingerprint density at radius 2 is 1.90 bits per heavy atom. The highest BCUT2D eigenvalue weighted by Crippen LogP contribution is 2.18. The minimum absolute atomic E-state index is 0.0463. The molecule has 3 rings (SSSR count). The quantitative estimate of drug-likeness (QED) is 0.571. The molecule has 0 aliphatic heterocycles. The second kappa shape index (κ2) is 9.89. The molecule has 0 atom stereocenters. The third kappa shape index (κ3) is 5.93. The number of rotatable bonds is 9. The molecule has 0 saturated carbocycles. The Morgan fingerprint density at radius 3 is 2.59 bits per heavy atom. The van der Waals surface area contributed by atoms with Gasteiger partial charge in [0.2, 0.25) is 5.91 Å². The van der Waals surface area contributed by atoms with Gasteiger partial charge in [-0.3, -0.25) is 4.79 Å². The molecule has 1 amide bonds. The van der Waals surface area contributed by atoms with Gasteiger partial charge >= 0.3 is 0 Å². The van der Waals surface area contributed by atoms with E-state index in [9.17, 15) is 4.79 Å². The van der Waals surface area contributed by atoms with Crippen molar-refractivity contribution in [3.05, 3.63) is 76.7 Å². The van der Waals surface area contributed by atoms with Crippen molar-refractivity contribution < 1.29 is 14.1 Å². The van der Waals surface area contributed by atoms with Crippen LogP contribution in [-0.4, -0.2) is 17.6 Å². The fourth-order valence-electron chi connectivity index (χ4n) is 2.99. The van der Waals surface area contributed by atoms with Crippen molar-refractivity contribution in [3.8, 4) is 5.75 Å². The summed E-state index contributed by atoms with van der Waals surface area (Å²) in [5, 5.41) is 10.2. The first-order valence-electron chi connectivity index (χ1n) is 9.78. The third-order valence-corrected chi connectivity index (χ3v) is 4.64. The van der Waals surface area contributed by atoms with Crippen LogP contribution in [0.25, 0.3) is 0 Å². The highest BCUT2D eigenvalue weighted by Gasteiger charge is 2.10. The first-order valence-corrected chi connectivity index (χ1v) is 9.78. The predicted molar refractivity (Wildman–Crippen MR) is 113 cm³/mol. The minimum Gasteiger partial charge on any atom is -0.489 e. The van der Waals surface area contributed by atoms with Gasteiger partial charge in [-0.2, -0.15) is 0 Å². The van der Waals surface area contributed by atoms with Crippen LogP contribution in [0, 0.1) is 13.8 Å². The van der Waals surface area contributed by atoms with Crippen LogP contribution >= 0.6 is 0 Å². The summed E-state index contributed by atoms with van der Waals surface area (Å²) in [5.74, 6) is 1.46. The lowest BCUT2D eigenvalue weighted by atomic mass is 10.1. The Labute approximate surface area is 171 Å². The van der Waals surface area contributed by atoms with E-state index < -0.39 is 0 Å². The van der Waals surface area contributed by atoms with Crippen LogP contribution in [0.5, 0.6) is 5.75 Å². The van der Waals surface area contributed by atoms with E-state index in [1.54, 1.807) is 0 Å². The number of ether oxygens (including phenoxy) is 1. The first kappa shape index (κ1) is 20.6. The van der Waals surface area contributed by atoms with Crippen LogP contribution in [0.15, 0.2) is 53.1 Å². The number of aromatic nitrogens is 1. The molecule has 1 aromatic heterocycles. The number of aryl methyl sites for hydroxylation is 2. The molecule has 2 aromatic carbocycles. The lowest BCUT2D eigenvalue weighted by Gasteiger charge is -2.09. The number of carbonyl (C=O) groups is 1. The Morgan fingerprint density at radius 1 is 1.10 bits per heavy atom. The average Bonchev–Trinajstić information content (AvgIpc) is 3.03. The zero-order chi connectivity index (χ0) is 20.6.